The summed E-state index contributed by atoms with van der Waals surface area (Å²) in [5.74, 6) is 0.782. The highest BCUT2D eigenvalue weighted by molar-refractivity contribution is 7.19. The number of carbonyl (C=O) groups excluding carboxylic acids is 1. The number of amides is 1. The minimum Gasteiger partial charge on any atom is -0.492 e. The molecule has 112 valence electrons. The summed E-state index contributed by atoms with van der Waals surface area (Å²) >= 11 is 1.32. The van der Waals surface area contributed by atoms with Gasteiger partial charge in [-0.1, -0.05) is 19.3 Å². The largest absolute Gasteiger partial charge is 0.492 e. The van der Waals surface area contributed by atoms with Crippen molar-refractivity contribution in [3.8, 4) is 5.75 Å². The number of rotatable bonds is 5. The van der Waals surface area contributed by atoms with Gasteiger partial charge in [-0.2, -0.15) is 0 Å². The van der Waals surface area contributed by atoms with Crippen molar-refractivity contribution in [3.05, 3.63) is 4.88 Å². The van der Waals surface area contributed by atoms with Crippen molar-refractivity contribution in [1.29, 1.82) is 0 Å². The highest BCUT2D eigenvalue weighted by Gasteiger charge is 2.24. The Balaban J connectivity index is 2.17. The Labute approximate surface area is 123 Å². The van der Waals surface area contributed by atoms with Gasteiger partial charge in [0, 0.05) is 13.6 Å². The number of ether oxygens (including phenoxy) is 1. The monoisotopic (exact) mass is 297 g/mol. The van der Waals surface area contributed by atoms with E-state index in [1.807, 2.05) is 7.05 Å². The fourth-order valence-corrected chi connectivity index (χ4v) is 3.90. The van der Waals surface area contributed by atoms with Crippen molar-refractivity contribution in [2.75, 3.05) is 31.3 Å². The van der Waals surface area contributed by atoms with Crippen LogP contribution >= 0.6 is 11.3 Å². The van der Waals surface area contributed by atoms with Crippen LogP contribution in [0.25, 0.3) is 0 Å². The molecule has 0 atom stereocenters. The number of methoxy groups -OCH3 is 1. The fourth-order valence-electron chi connectivity index (χ4n) is 2.89. The number of carbonyl (C=O) groups is 1. The van der Waals surface area contributed by atoms with Gasteiger partial charge >= 0.3 is 0 Å². The van der Waals surface area contributed by atoms with E-state index in [9.17, 15) is 4.79 Å². The summed E-state index contributed by atoms with van der Waals surface area (Å²) in [6, 6.07) is 0. The van der Waals surface area contributed by atoms with Crippen LogP contribution in [0.2, 0.25) is 0 Å². The van der Waals surface area contributed by atoms with Crippen molar-refractivity contribution >= 4 is 27.9 Å². The molecule has 4 N–H and O–H groups in total. The van der Waals surface area contributed by atoms with E-state index in [0.717, 1.165) is 11.5 Å². The lowest BCUT2D eigenvalue weighted by Crippen LogP contribution is -2.26. The van der Waals surface area contributed by atoms with Gasteiger partial charge in [-0.05, 0) is 18.8 Å². The van der Waals surface area contributed by atoms with E-state index in [0.29, 0.717) is 22.2 Å². The van der Waals surface area contributed by atoms with Gasteiger partial charge in [0.1, 0.15) is 15.6 Å². The van der Waals surface area contributed by atoms with Gasteiger partial charge < -0.3 is 21.1 Å². The Morgan fingerprint density at radius 3 is 2.60 bits per heavy atom. The summed E-state index contributed by atoms with van der Waals surface area (Å²) in [6.07, 6.45) is 6.53. The maximum Gasteiger partial charge on any atom is 0.261 e. The zero-order chi connectivity index (χ0) is 14.7. The Bertz CT molecular complexity index is 481. The molecule has 6 heteroatoms. The SMILES string of the molecule is COc1c(N(C)CC2CCCCC2)sc(C(N)=O)c1N. The molecule has 0 aromatic carbocycles. The fraction of sp³-hybridized carbons (Fsp3) is 0.643. The Hall–Kier alpha value is -1.43. The van der Waals surface area contributed by atoms with Gasteiger partial charge in [0.15, 0.2) is 5.75 Å². The highest BCUT2D eigenvalue weighted by Crippen LogP contribution is 2.44. The molecule has 1 heterocycles. The van der Waals surface area contributed by atoms with Crippen molar-refractivity contribution in [3.63, 3.8) is 0 Å². The normalized spacial score (nSPS) is 16.1. The second-order valence-electron chi connectivity index (χ2n) is 5.43. The predicted octanol–water partition coefficient (Wildman–Crippen LogP) is 2.45. The summed E-state index contributed by atoms with van der Waals surface area (Å²) in [7, 11) is 3.59. The molecule has 0 bridgehead atoms. The minimum absolute atomic E-state index is 0.357. The van der Waals surface area contributed by atoms with Gasteiger partial charge in [0.25, 0.3) is 5.91 Å². The molecular formula is C14H23N3O2S. The lowest BCUT2D eigenvalue weighted by Gasteiger charge is -2.27. The molecule has 0 radical (unpaired) electrons. The van der Waals surface area contributed by atoms with E-state index in [1.54, 1.807) is 7.11 Å². The molecule has 1 aromatic rings. The van der Waals surface area contributed by atoms with E-state index in [4.69, 9.17) is 16.2 Å². The van der Waals surface area contributed by atoms with Crippen molar-refractivity contribution < 1.29 is 9.53 Å². The van der Waals surface area contributed by atoms with Gasteiger partial charge in [-0.15, -0.1) is 11.3 Å². The van der Waals surface area contributed by atoms with E-state index in [-0.39, 0.29) is 0 Å². The van der Waals surface area contributed by atoms with Crippen LogP contribution in [0.4, 0.5) is 10.7 Å². The molecule has 1 aliphatic carbocycles. The summed E-state index contributed by atoms with van der Waals surface area (Å²) in [5.41, 5.74) is 11.7. The van der Waals surface area contributed by atoms with Crippen molar-refractivity contribution in [2.24, 2.45) is 11.7 Å². The van der Waals surface area contributed by atoms with E-state index < -0.39 is 5.91 Å². The number of anilines is 2. The van der Waals surface area contributed by atoms with Gasteiger partial charge in [-0.3, -0.25) is 4.79 Å². The first-order valence-corrected chi connectivity index (χ1v) is 7.83. The van der Waals surface area contributed by atoms with Crippen LogP contribution in [0.3, 0.4) is 0 Å². The molecule has 1 amide bonds. The molecule has 1 saturated carbocycles. The number of thiophene rings is 1. The van der Waals surface area contributed by atoms with Gasteiger partial charge in [0.2, 0.25) is 0 Å². The molecule has 1 fully saturated rings. The standard InChI is InChI=1S/C14H23N3O2S/c1-17(8-9-6-4-3-5-7-9)14-11(19-2)10(15)12(20-14)13(16)18/h9H,3-8,15H2,1-2H3,(H2,16,18). The summed E-state index contributed by atoms with van der Waals surface area (Å²) in [4.78, 5) is 13.9. The molecule has 0 unspecified atom stereocenters. The first-order chi connectivity index (χ1) is 9.54. The average molecular weight is 297 g/mol. The smallest absolute Gasteiger partial charge is 0.261 e. The van der Waals surface area contributed by atoms with E-state index in [1.165, 1.54) is 43.4 Å². The number of primary amides is 1. The first-order valence-electron chi connectivity index (χ1n) is 7.01. The third-order valence-electron chi connectivity index (χ3n) is 3.91. The Morgan fingerprint density at radius 1 is 1.40 bits per heavy atom. The summed E-state index contributed by atoms with van der Waals surface area (Å²) < 4.78 is 5.35. The van der Waals surface area contributed by atoms with Crippen LogP contribution in [0, 0.1) is 5.92 Å². The number of hydrogen-bond acceptors (Lipinski definition) is 5. The molecular weight excluding hydrogens is 274 g/mol. The topological polar surface area (TPSA) is 81.6 Å². The van der Waals surface area contributed by atoms with Gasteiger partial charge in [-0.25, -0.2) is 0 Å². The number of nitrogens with zero attached hydrogens (tertiary/aromatic N) is 1. The van der Waals surface area contributed by atoms with Crippen LogP contribution in [0.1, 0.15) is 41.8 Å². The van der Waals surface area contributed by atoms with Crippen LogP contribution < -0.4 is 21.1 Å². The molecule has 5 nitrogen and oxygen atoms in total. The van der Waals surface area contributed by atoms with E-state index in [2.05, 4.69) is 4.90 Å². The van der Waals surface area contributed by atoms with Crippen LogP contribution in [-0.4, -0.2) is 26.6 Å². The quantitative estimate of drug-likeness (QED) is 0.874. The second kappa shape index (κ2) is 6.35. The zero-order valence-electron chi connectivity index (χ0n) is 12.1. The molecule has 0 saturated heterocycles. The zero-order valence-corrected chi connectivity index (χ0v) is 13.0. The average Bonchev–Trinajstić information content (AvgIpc) is 2.77. The summed E-state index contributed by atoms with van der Waals surface area (Å²) in [6.45, 7) is 0.967. The molecule has 0 spiro atoms. The minimum atomic E-state index is -0.497. The highest BCUT2D eigenvalue weighted by atomic mass is 32.1. The number of hydrogen-bond donors (Lipinski definition) is 2. The van der Waals surface area contributed by atoms with Crippen LogP contribution in [-0.2, 0) is 0 Å². The van der Waals surface area contributed by atoms with Crippen LogP contribution in [0.5, 0.6) is 5.75 Å². The summed E-state index contributed by atoms with van der Waals surface area (Å²) in [5, 5.41) is 0.893. The first kappa shape index (κ1) is 15.0. The molecule has 2 rings (SSSR count). The number of nitrogen functional groups attached to an aromatic ring is 1. The maximum atomic E-state index is 11.4. The van der Waals surface area contributed by atoms with Crippen molar-refractivity contribution in [2.45, 2.75) is 32.1 Å². The lowest BCUT2D eigenvalue weighted by atomic mass is 9.89. The lowest BCUT2D eigenvalue weighted by molar-refractivity contribution is 0.100. The second-order valence-corrected chi connectivity index (χ2v) is 6.43. The number of nitrogens with two attached hydrogens (primary N) is 2. The van der Waals surface area contributed by atoms with Gasteiger partial charge in [0.05, 0.1) is 7.11 Å². The van der Waals surface area contributed by atoms with Crippen LogP contribution in [0.15, 0.2) is 0 Å². The Kier molecular flexibility index (Phi) is 4.75. The third kappa shape index (κ3) is 3.00. The molecule has 0 aliphatic heterocycles. The Morgan fingerprint density at radius 2 is 2.05 bits per heavy atom. The predicted molar refractivity (Wildman–Crippen MR) is 83.6 cm³/mol. The molecule has 20 heavy (non-hydrogen) atoms. The maximum absolute atomic E-state index is 11.4. The molecule has 1 aromatic heterocycles. The van der Waals surface area contributed by atoms with Crippen molar-refractivity contribution in [1.82, 2.24) is 0 Å². The third-order valence-corrected chi connectivity index (χ3v) is 5.23. The molecule has 1 aliphatic rings. The van der Waals surface area contributed by atoms with E-state index >= 15 is 0 Å².